The van der Waals surface area contributed by atoms with E-state index in [4.69, 9.17) is 15.2 Å². The fraction of sp³-hybridized carbons (Fsp3) is 0.714. The van der Waals surface area contributed by atoms with Gasteiger partial charge in [-0.25, -0.2) is 4.98 Å². The predicted octanol–water partition coefficient (Wildman–Crippen LogP) is 3.90. The van der Waals surface area contributed by atoms with Crippen molar-refractivity contribution in [2.45, 2.75) is 121 Å². The van der Waals surface area contributed by atoms with Gasteiger partial charge in [0.2, 0.25) is 5.95 Å². The molecule has 0 amide bonds. The van der Waals surface area contributed by atoms with Crippen LogP contribution in [0.2, 0.25) is 0 Å². The number of ether oxygens (including phenoxy) is 2. The first kappa shape index (κ1) is 30.8. The first-order valence-corrected chi connectivity index (χ1v) is 14.5. The smallest absolute Gasteiger partial charge is 0.305 e. The molecule has 0 spiro atoms. The van der Waals surface area contributed by atoms with Gasteiger partial charge in [0.1, 0.15) is 24.9 Å². The van der Waals surface area contributed by atoms with Gasteiger partial charge in [-0.3, -0.25) is 19.1 Å². The third kappa shape index (κ3) is 9.44. The van der Waals surface area contributed by atoms with Crippen LogP contribution in [0.25, 0.3) is 11.2 Å². The summed E-state index contributed by atoms with van der Waals surface area (Å²) in [5.74, 6) is -0.473. The number of aliphatic hydroxyl groups is 2. The average Bonchev–Trinajstić information content (AvgIpc) is 3.45. The number of anilines is 1. The van der Waals surface area contributed by atoms with Crippen LogP contribution in [0.3, 0.4) is 0 Å². The number of esters is 1. The predicted molar refractivity (Wildman–Crippen MR) is 149 cm³/mol. The highest BCUT2D eigenvalue weighted by Gasteiger charge is 2.45. The average molecular weight is 548 g/mol. The molecule has 3 rings (SSSR count). The van der Waals surface area contributed by atoms with E-state index >= 15 is 0 Å². The highest BCUT2D eigenvalue weighted by molar-refractivity contribution is 5.70. The molecule has 1 aliphatic heterocycles. The van der Waals surface area contributed by atoms with Crippen molar-refractivity contribution in [1.29, 1.82) is 0 Å². The van der Waals surface area contributed by atoms with Crippen molar-refractivity contribution < 1.29 is 24.5 Å². The molecule has 218 valence electrons. The molecular weight excluding hydrogens is 502 g/mol. The molecule has 1 fully saturated rings. The second-order valence-corrected chi connectivity index (χ2v) is 10.3. The molecule has 0 unspecified atom stereocenters. The van der Waals surface area contributed by atoms with Crippen LogP contribution in [0.15, 0.2) is 23.3 Å². The van der Waals surface area contributed by atoms with Gasteiger partial charge in [0.15, 0.2) is 17.4 Å². The van der Waals surface area contributed by atoms with E-state index in [0.29, 0.717) is 6.42 Å². The summed E-state index contributed by atoms with van der Waals surface area (Å²) >= 11 is 0. The number of nitrogen functional groups attached to an aromatic ring is 1. The van der Waals surface area contributed by atoms with Crippen molar-refractivity contribution in [2.24, 2.45) is 0 Å². The van der Waals surface area contributed by atoms with Crippen molar-refractivity contribution in [3.63, 3.8) is 0 Å². The lowest BCUT2D eigenvalue weighted by atomic mass is 10.1. The van der Waals surface area contributed by atoms with Crippen LogP contribution in [0.1, 0.15) is 103 Å². The molecule has 39 heavy (non-hydrogen) atoms. The van der Waals surface area contributed by atoms with Crippen LogP contribution in [0, 0.1) is 0 Å². The Hall–Kier alpha value is -2.76. The third-order valence-electron chi connectivity index (χ3n) is 7.11. The number of H-pyrrole nitrogens is 1. The van der Waals surface area contributed by atoms with Crippen molar-refractivity contribution in [3.05, 3.63) is 28.8 Å². The van der Waals surface area contributed by atoms with Crippen LogP contribution in [-0.4, -0.2) is 60.6 Å². The second kappa shape index (κ2) is 16.4. The number of carbonyl (C=O) groups is 1. The van der Waals surface area contributed by atoms with Crippen LogP contribution in [0.4, 0.5) is 5.95 Å². The van der Waals surface area contributed by atoms with E-state index in [-0.39, 0.29) is 29.7 Å². The number of nitrogens with one attached hydrogen (secondary N) is 1. The molecule has 2 aromatic rings. The minimum atomic E-state index is -1.33. The number of aliphatic hydroxyl groups excluding tert-OH is 2. The highest BCUT2D eigenvalue weighted by atomic mass is 16.6. The van der Waals surface area contributed by atoms with Gasteiger partial charge in [0, 0.05) is 6.42 Å². The highest BCUT2D eigenvalue weighted by Crippen LogP contribution is 2.31. The number of hydrogen-bond acceptors (Lipinski definition) is 9. The summed E-state index contributed by atoms with van der Waals surface area (Å²) in [6.45, 7) is 2.05. The topological polar surface area (TPSA) is 166 Å². The van der Waals surface area contributed by atoms with Gasteiger partial charge in [-0.15, -0.1) is 0 Å². The SMILES string of the molecule is CCCCCCCC/C=C\CCCCCCCC(=O)OC[C@H]1O[C@@H](n2cnc3c(=O)[nH]c(N)nc32)[C@H](O)[C@@H]1O. The maximum absolute atomic E-state index is 12.2. The fourth-order valence-corrected chi connectivity index (χ4v) is 4.81. The monoisotopic (exact) mass is 547 g/mol. The van der Waals surface area contributed by atoms with Gasteiger partial charge in [-0.05, 0) is 32.1 Å². The number of fused-ring (bicyclic) bond motifs is 1. The normalized spacial score (nSPS) is 21.3. The molecule has 0 aliphatic carbocycles. The quantitative estimate of drug-likeness (QED) is 0.123. The van der Waals surface area contributed by atoms with Gasteiger partial charge < -0.3 is 25.4 Å². The molecule has 5 N–H and O–H groups in total. The Morgan fingerprint density at radius 2 is 1.69 bits per heavy atom. The minimum Gasteiger partial charge on any atom is -0.463 e. The third-order valence-corrected chi connectivity index (χ3v) is 7.11. The number of unbranched alkanes of at least 4 members (excludes halogenated alkanes) is 11. The summed E-state index contributed by atoms with van der Waals surface area (Å²) in [7, 11) is 0. The second-order valence-electron chi connectivity index (χ2n) is 10.3. The lowest BCUT2D eigenvalue weighted by Gasteiger charge is -2.16. The summed E-state index contributed by atoms with van der Waals surface area (Å²) < 4.78 is 12.4. The molecular formula is C28H45N5O6. The number of imidazole rings is 1. The Labute approximate surface area is 229 Å². The molecule has 1 aliphatic rings. The summed E-state index contributed by atoms with van der Waals surface area (Å²) in [5.41, 5.74) is 5.24. The number of hydrogen-bond donors (Lipinski definition) is 4. The van der Waals surface area contributed by atoms with Crippen LogP contribution < -0.4 is 11.3 Å². The molecule has 11 nitrogen and oxygen atoms in total. The van der Waals surface area contributed by atoms with E-state index < -0.39 is 30.1 Å². The van der Waals surface area contributed by atoms with E-state index in [9.17, 15) is 19.8 Å². The zero-order valence-electron chi connectivity index (χ0n) is 23.1. The maximum atomic E-state index is 12.2. The van der Waals surface area contributed by atoms with Crippen molar-refractivity contribution in [1.82, 2.24) is 19.5 Å². The summed E-state index contributed by atoms with van der Waals surface area (Å²) in [5, 5.41) is 20.9. The zero-order valence-corrected chi connectivity index (χ0v) is 23.1. The summed E-state index contributed by atoms with van der Waals surface area (Å²) in [6, 6.07) is 0. The number of nitrogens with zero attached hydrogens (tertiary/aromatic N) is 3. The molecule has 4 atom stereocenters. The zero-order chi connectivity index (χ0) is 28.0. The van der Waals surface area contributed by atoms with Gasteiger partial charge in [-0.2, -0.15) is 4.98 Å². The Bertz CT molecular complexity index is 1100. The van der Waals surface area contributed by atoms with E-state index in [1.807, 2.05) is 0 Å². The van der Waals surface area contributed by atoms with Crippen LogP contribution in [-0.2, 0) is 14.3 Å². The van der Waals surface area contributed by atoms with Gasteiger partial charge in [0.25, 0.3) is 5.56 Å². The lowest BCUT2D eigenvalue weighted by molar-refractivity contribution is -0.150. The van der Waals surface area contributed by atoms with Crippen LogP contribution >= 0.6 is 0 Å². The Morgan fingerprint density at radius 3 is 2.38 bits per heavy atom. The standard InChI is InChI=1S/C28H45N5O6/c1-2-3-4-5-6-7-8-9-10-11-12-13-14-15-16-17-21(34)38-18-20-23(35)24(36)27(39-20)33-19-30-22-25(33)31-28(29)32-26(22)37/h9-10,19-20,23-24,27,35-36H,2-8,11-18H2,1H3,(H3,29,31,32,37)/b10-9-/t20-,23-,24-,27-/m1/s1. The van der Waals surface area contributed by atoms with E-state index in [2.05, 4.69) is 34.0 Å². The van der Waals surface area contributed by atoms with Crippen LogP contribution in [0.5, 0.6) is 0 Å². The minimum absolute atomic E-state index is 0.0318. The molecule has 0 radical (unpaired) electrons. The fourth-order valence-electron chi connectivity index (χ4n) is 4.81. The first-order valence-electron chi connectivity index (χ1n) is 14.5. The number of aromatic nitrogens is 4. The van der Waals surface area contributed by atoms with E-state index in [1.54, 1.807) is 0 Å². The molecule has 0 aromatic carbocycles. The summed E-state index contributed by atoms with van der Waals surface area (Å²) in [6.07, 6.45) is 17.0. The molecule has 3 heterocycles. The van der Waals surface area contributed by atoms with Gasteiger partial charge >= 0.3 is 5.97 Å². The Balaban J connectivity index is 1.26. The number of nitrogens with two attached hydrogens (primary N) is 1. The van der Waals surface area contributed by atoms with Gasteiger partial charge in [-0.1, -0.05) is 70.4 Å². The van der Waals surface area contributed by atoms with E-state index in [1.165, 1.54) is 62.3 Å². The van der Waals surface area contributed by atoms with E-state index in [0.717, 1.165) is 32.1 Å². The van der Waals surface area contributed by atoms with Gasteiger partial charge in [0.05, 0.1) is 6.33 Å². The lowest BCUT2D eigenvalue weighted by Crippen LogP contribution is -2.34. The van der Waals surface area contributed by atoms with Crippen molar-refractivity contribution in [2.75, 3.05) is 12.3 Å². The Morgan fingerprint density at radius 1 is 1.05 bits per heavy atom. The van der Waals surface area contributed by atoms with Crippen molar-refractivity contribution in [3.8, 4) is 0 Å². The number of aromatic amines is 1. The van der Waals surface area contributed by atoms with Crippen molar-refractivity contribution >= 4 is 23.1 Å². The number of rotatable bonds is 18. The maximum Gasteiger partial charge on any atom is 0.305 e. The molecule has 11 heteroatoms. The molecule has 0 saturated carbocycles. The number of carbonyl (C=O) groups excluding carboxylic acids is 1. The molecule has 0 bridgehead atoms. The Kier molecular flexibility index (Phi) is 12.9. The molecule has 2 aromatic heterocycles. The summed E-state index contributed by atoms with van der Waals surface area (Å²) in [4.78, 5) is 34.6. The number of allylic oxidation sites excluding steroid dienone is 2. The largest absolute Gasteiger partial charge is 0.463 e. The molecule has 1 saturated heterocycles. The first-order chi connectivity index (χ1) is 18.9.